The molecule has 164 valence electrons. The van der Waals surface area contributed by atoms with E-state index in [2.05, 4.69) is 11.0 Å². The van der Waals surface area contributed by atoms with E-state index in [1.165, 1.54) is 37.9 Å². The highest BCUT2D eigenvalue weighted by molar-refractivity contribution is 5.94. The number of rotatable bonds is 6. The summed E-state index contributed by atoms with van der Waals surface area (Å²) in [6.07, 6.45) is 5.82. The second kappa shape index (κ2) is 11.2. The van der Waals surface area contributed by atoms with Crippen molar-refractivity contribution in [3.05, 3.63) is 64.7 Å². The first-order chi connectivity index (χ1) is 14.7. The Labute approximate surface area is 191 Å². The third-order valence-corrected chi connectivity index (χ3v) is 6.07. The molecule has 5 nitrogen and oxygen atoms in total. The van der Waals surface area contributed by atoms with Gasteiger partial charge in [0.25, 0.3) is 5.91 Å². The van der Waals surface area contributed by atoms with Crippen molar-refractivity contribution in [2.75, 3.05) is 32.8 Å². The summed E-state index contributed by atoms with van der Waals surface area (Å²) in [5, 5.41) is 9.05. The number of hydrogen-bond acceptors (Lipinski definition) is 4. The average molecular weight is 440 g/mol. The minimum atomic E-state index is 0. The standard InChI is InChI=1S/C25H29N3O2.ClH/c26-18-20-5-6-23-19-28(15-11-22(23)17-20)25(29)21-7-9-24(10-8-21)30-16-4-14-27-12-2-1-3-13-27;/h5-10,17H,1-4,11-16,19H2;1H. The fourth-order valence-corrected chi connectivity index (χ4v) is 4.33. The van der Waals surface area contributed by atoms with Crippen molar-refractivity contribution < 1.29 is 9.53 Å². The quantitative estimate of drug-likeness (QED) is 0.624. The van der Waals surface area contributed by atoms with Crippen molar-refractivity contribution in [2.24, 2.45) is 0 Å². The van der Waals surface area contributed by atoms with E-state index in [1.807, 2.05) is 47.4 Å². The van der Waals surface area contributed by atoms with Crippen LogP contribution in [0.15, 0.2) is 42.5 Å². The van der Waals surface area contributed by atoms with E-state index in [0.717, 1.165) is 30.7 Å². The van der Waals surface area contributed by atoms with Crippen LogP contribution in [0.4, 0.5) is 0 Å². The molecule has 0 atom stereocenters. The number of nitrogens with zero attached hydrogens (tertiary/aromatic N) is 3. The first kappa shape index (κ1) is 23.1. The van der Waals surface area contributed by atoms with Gasteiger partial charge in [-0.2, -0.15) is 5.26 Å². The van der Waals surface area contributed by atoms with Gasteiger partial charge in [0, 0.05) is 25.2 Å². The van der Waals surface area contributed by atoms with Crippen molar-refractivity contribution in [1.82, 2.24) is 9.80 Å². The SMILES string of the molecule is Cl.N#Cc1ccc2c(c1)CCN(C(=O)c1ccc(OCCCN3CCCCC3)cc1)C2. The van der Waals surface area contributed by atoms with Gasteiger partial charge in [0.1, 0.15) is 5.75 Å². The molecule has 0 radical (unpaired) electrons. The lowest BCUT2D eigenvalue weighted by Gasteiger charge is -2.29. The maximum atomic E-state index is 12.9. The van der Waals surface area contributed by atoms with Crippen LogP contribution in [0.1, 0.15) is 52.7 Å². The number of amides is 1. The van der Waals surface area contributed by atoms with Crippen molar-refractivity contribution in [3.63, 3.8) is 0 Å². The molecule has 2 aromatic rings. The molecule has 2 aromatic carbocycles. The molecule has 0 aliphatic carbocycles. The predicted octanol–water partition coefficient (Wildman–Crippen LogP) is 4.43. The van der Waals surface area contributed by atoms with E-state index >= 15 is 0 Å². The lowest BCUT2D eigenvalue weighted by Crippen LogP contribution is -2.35. The number of carbonyl (C=O) groups excluding carboxylic acids is 1. The van der Waals surface area contributed by atoms with Crippen molar-refractivity contribution in [2.45, 2.75) is 38.6 Å². The Morgan fingerprint density at radius 2 is 1.77 bits per heavy atom. The topological polar surface area (TPSA) is 56.6 Å². The number of fused-ring (bicyclic) bond motifs is 1. The fourth-order valence-electron chi connectivity index (χ4n) is 4.33. The summed E-state index contributed by atoms with van der Waals surface area (Å²) in [7, 11) is 0. The molecule has 1 fully saturated rings. The highest BCUT2D eigenvalue weighted by Crippen LogP contribution is 2.22. The van der Waals surface area contributed by atoms with Crippen LogP contribution < -0.4 is 4.74 Å². The van der Waals surface area contributed by atoms with Crippen LogP contribution in [0.3, 0.4) is 0 Å². The lowest BCUT2D eigenvalue weighted by molar-refractivity contribution is 0.0734. The number of carbonyl (C=O) groups is 1. The smallest absolute Gasteiger partial charge is 0.254 e. The Kier molecular flexibility index (Phi) is 8.34. The molecule has 1 amide bonds. The van der Waals surface area contributed by atoms with Gasteiger partial charge in [-0.05, 0) is 86.3 Å². The Morgan fingerprint density at radius 1 is 1.00 bits per heavy atom. The number of piperidine rings is 1. The molecule has 4 rings (SSSR count). The normalized spacial score (nSPS) is 16.0. The number of nitriles is 1. The van der Waals surface area contributed by atoms with Crippen LogP contribution in [-0.4, -0.2) is 48.5 Å². The number of halogens is 1. The molecular weight excluding hydrogens is 410 g/mol. The molecule has 1 saturated heterocycles. The molecule has 0 bridgehead atoms. The van der Waals surface area contributed by atoms with Crippen molar-refractivity contribution >= 4 is 18.3 Å². The molecule has 2 heterocycles. The maximum absolute atomic E-state index is 12.9. The Hall–Kier alpha value is -2.55. The Morgan fingerprint density at radius 3 is 2.52 bits per heavy atom. The van der Waals surface area contributed by atoms with Gasteiger partial charge in [-0.25, -0.2) is 0 Å². The highest BCUT2D eigenvalue weighted by atomic mass is 35.5. The van der Waals surface area contributed by atoms with Crippen LogP contribution in [0.5, 0.6) is 5.75 Å². The first-order valence-electron chi connectivity index (χ1n) is 11.0. The zero-order valence-electron chi connectivity index (χ0n) is 17.9. The van der Waals surface area contributed by atoms with Crippen molar-refractivity contribution in [3.8, 4) is 11.8 Å². The highest BCUT2D eigenvalue weighted by Gasteiger charge is 2.22. The molecule has 0 aromatic heterocycles. The van der Waals surface area contributed by atoms with Crippen LogP contribution in [-0.2, 0) is 13.0 Å². The molecule has 6 heteroatoms. The van der Waals surface area contributed by atoms with E-state index in [1.54, 1.807) is 0 Å². The zero-order chi connectivity index (χ0) is 20.8. The molecule has 0 N–H and O–H groups in total. The summed E-state index contributed by atoms with van der Waals surface area (Å²) in [6.45, 7) is 5.51. The summed E-state index contributed by atoms with van der Waals surface area (Å²) >= 11 is 0. The summed E-state index contributed by atoms with van der Waals surface area (Å²) < 4.78 is 5.87. The largest absolute Gasteiger partial charge is 0.494 e. The number of likely N-dealkylation sites (tertiary alicyclic amines) is 1. The molecule has 0 unspecified atom stereocenters. The van der Waals surface area contributed by atoms with Gasteiger partial charge < -0.3 is 14.5 Å². The molecule has 2 aliphatic rings. The van der Waals surface area contributed by atoms with E-state index in [-0.39, 0.29) is 18.3 Å². The number of benzene rings is 2. The third-order valence-electron chi connectivity index (χ3n) is 6.07. The molecule has 0 saturated carbocycles. The molecule has 2 aliphatic heterocycles. The lowest BCUT2D eigenvalue weighted by atomic mass is 9.97. The van der Waals surface area contributed by atoms with E-state index in [4.69, 9.17) is 10.00 Å². The predicted molar refractivity (Wildman–Crippen MR) is 124 cm³/mol. The number of hydrogen-bond donors (Lipinski definition) is 0. The van der Waals surface area contributed by atoms with Gasteiger partial charge in [-0.3, -0.25) is 4.79 Å². The molecule has 31 heavy (non-hydrogen) atoms. The van der Waals surface area contributed by atoms with Gasteiger partial charge in [0.2, 0.25) is 0 Å². The monoisotopic (exact) mass is 439 g/mol. The van der Waals surface area contributed by atoms with Gasteiger partial charge >= 0.3 is 0 Å². The van der Waals surface area contributed by atoms with Gasteiger partial charge in [0.15, 0.2) is 0 Å². The first-order valence-corrected chi connectivity index (χ1v) is 11.0. The third kappa shape index (κ3) is 6.00. The Bertz CT molecular complexity index is 917. The minimum Gasteiger partial charge on any atom is -0.494 e. The van der Waals surface area contributed by atoms with Gasteiger partial charge in [-0.15, -0.1) is 12.4 Å². The van der Waals surface area contributed by atoms with Crippen LogP contribution in [0, 0.1) is 11.3 Å². The second-order valence-corrected chi connectivity index (χ2v) is 8.20. The Balaban J connectivity index is 0.00000272. The summed E-state index contributed by atoms with van der Waals surface area (Å²) in [5.41, 5.74) is 3.67. The average Bonchev–Trinajstić information content (AvgIpc) is 2.81. The zero-order valence-corrected chi connectivity index (χ0v) is 18.7. The minimum absolute atomic E-state index is 0. The van der Waals surface area contributed by atoms with Crippen LogP contribution in [0.25, 0.3) is 0 Å². The van der Waals surface area contributed by atoms with E-state index in [0.29, 0.717) is 30.8 Å². The number of ether oxygens (including phenoxy) is 1. The fraction of sp³-hybridized carbons (Fsp3) is 0.440. The van der Waals surface area contributed by atoms with Gasteiger partial charge in [-0.1, -0.05) is 12.5 Å². The van der Waals surface area contributed by atoms with Crippen LogP contribution in [0.2, 0.25) is 0 Å². The molecule has 0 spiro atoms. The van der Waals surface area contributed by atoms with Gasteiger partial charge in [0.05, 0.1) is 18.2 Å². The molecular formula is C25H30ClN3O2. The summed E-state index contributed by atoms with van der Waals surface area (Å²) in [6, 6.07) is 15.4. The second-order valence-electron chi connectivity index (χ2n) is 8.20. The van der Waals surface area contributed by atoms with Crippen LogP contribution >= 0.6 is 12.4 Å². The van der Waals surface area contributed by atoms with E-state index < -0.39 is 0 Å². The summed E-state index contributed by atoms with van der Waals surface area (Å²) in [5.74, 6) is 0.861. The van der Waals surface area contributed by atoms with Crippen molar-refractivity contribution in [1.29, 1.82) is 5.26 Å². The van der Waals surface area contributed by atoms with E-state index in [9.17, 15) is 4.79 Å². The summed E-state index contributed by atoms with van der Waals surface area (Å²) in [4.78, 5) is 17.3. The maximum Gasteiger partial charge on any atom is 0.254 e.